The highest BCUT2D eigenvalue weighted by atomic mass is 35.5. The summed E-state index contributed by atoms with van der Waals surface area (Å²) in [6.07, 6.45) is 1.39. The Morgan fingerprint density at radius 1 is 1.33 bits per heavy atom. The highest BCUT2D eigenvalue weighted by Crippen LogP contribution is 2.32. The van der Waals surface area contributed by atoms with E-state index in [1.54, 1.807) is 7.05 Å². The molecule has 2 aromatic rings. The molecule has 0 spiro atoms. The summed E-state index contributed by atoms with van der Waals surface area (Å²) in [5.74, 6) is -1.80. The number of rotatable bonds is 3. The van der Waals surface area contributed by atoms with Gasteiger partial charge >= 0.3 is 6.03 Å². The molecular weight excluding hydrogens is 342 g/mol. The van der Waals surface area contributed by atoms with Gasteiger partial charge in [0.25, 0.3) is 5.91 Å². The molecule has 0 bridgehead atoms. The second-order valence-electron chi connectivity index (χ2n) is 5.63. The Labute approximate surface area is 141 Å². The number of benzene rings is 1. The minimum Gasteiger partial charge on any atom is -0.321 e. The number of nitrogens with zero attached hydrogens (tertiary/aromatic N) is 3. The van der Waals surface area contributed by atoms with E-state index in [4.69, 9.17) is 11.6 Å². The quantitative estimate of drug-likeness (QED) is 0.860. The molecule has 1 aromatic heterocycles. The van der Waals surface area contributed by atoms with E-state index in [1.807, 2.05) is 0 Å². The van der Waals surface area contributed by atoms with Gasteiger partial charge in [-0.1, -0.05) is 11.6 Å². The van der Waals surface area contributed by atoms with Crippen LogP contribution in [-0.4, -0.2) is 26.4 Å². The first-order valence-corrected chi connectivity index (χ1v) is 7.37. The molecule has 0 aliphatic carbocycles. The lowest BCUT2D eigenvalue weighted by atomic mass is 9.91. The topological polar surface area (TPSA) is 67.2 Å². The van der Waals surface area contributed by atoms with Crippen LogP contribution in [0.25, 0.3) is 0 Å². The number of hydrogen-bond acceptors (Lipinski definition) is 3. The molecule has 3 amide bonds. The SMILES string of the molecule is Cn1c(Cl)cnc1CN1C(=O)N[C@@](C)(c2cc(F)ccc2F)C1=O. The number of halogens is 3. The maximum absolute atomic E-state index is 14.1. The molecular formula is C15H13ClF2N4O2. The molecule has 3 rings (SSSR count). The van der Waals surface area contributed by atoms with Crippen LogP contribution in [0.15, 0.2) is 24.4 Å². The van der Waals surface area contributed by atoms with Crippen LogP contribution < -0.4 is 5.32 Å². The Hall–Kier alpha value is -2.48. The van der Waals surface area contributed by atoms with E-state index in [-0.39, 0.29) is 12.1 Å². The summed E-state index contributed by atoms with van der Waals surface area (Å²) in [6, 6.07) is 2.03. The van der Waals surface area contributed by atoms with E-state index in [0.29, 0.717) is 11.0 Å². The summed E-state index contributed by atoms with van der Waals surface area (Å²) in [4.78, 5) is 29.8. The molecule has 1 atom stereocenters. The Morgan fingerprint density at radius 2 is 2.04 bits per heavy atom. The number of hydrogen-bond donors (Lipinski definition) is 1. The maximum atomic E-state index is 14.1. The fourth-order valence-electron chi connectivity index (χ4n) is 2.62. The number of imide groups is 1. The van der Waals surface area contributed by atoms with Crippen molar-refractivity contribution in [2.24, 2.45) is 7.05 Å². The van der Waals surface area contributed by atoms with Gasteiger partial charge in [0.1, 0.15) is 28.2 Å². The predicted octanol–water partition coefficient (Wildman–Crippen LogP) is 2.32. The van der Waals surface area contributed by atoms with Crippen LogP contribution in [0.3, 0.4) is 0 Å². The van der Waals surface area contributed by atoms with E-state index in [1.165, 1.54) is 17.7 Å². The summed E-state index contributed by atoms with van der Waals surface area (Å²) in [6.45, 7) is 1.19. The van der Waals surface area contributed by atoms with Gasteiger partial charge in [-0.05, 0) is 25.1 Å². The Balaban J connectivity index is 1.96. The minimum atomic E-state index is -1.70. The summed E-state index contributed by atoms with van der Waals surface area (Å²) < 4.78 is 29.0. The molecule has 6 nitrogen and oxygen atoms in total. The number of amides is 3. The molecule has 0 saturated carbocycles. The Kier molecular flexibility index (Phi) is 3.79. The van der Waals surface area contributed by atoms with E-state index in [2.05, 4.69) is 10.3 Å². The number of carbonyl (C=O) groups is 2. The van der Waals surface area contributed by atoms with Crippen molar-refractivity contribution in [1.29, 1.82) is 0 Å². The Morgan fingerprint density at radius 3 is 2.67 bits per heavy atom. The third-order valence-corrected chi connectivity index (χ3v) is 4.42. The summed E-state index contributed by atoms with van der Waals surface area (Å²) >= 11 is 5.88. The van der Waals surface area contributed by atoms with Gasteiger partial charge in [0.05, 0.1) is 12.7 Å². The van der Waals surface area contributed by atoms with Crippen LogP contribution in [0, 0.1) is 11.6 Å². The molecule has 1 aromatic carbocycles. The van der Waals surface area contributed by atoms with E-state index in [0.717, 1.165) is 23.1 Å². The number of urea groups is 1. The van der Waals surface area contributed by atoms with Crippen LogP contribution in [0.4, 0.5) is 13.6 Å². The lowest BCUT2D eigenvalue weighted by molar-refractivity contribution is -0.131. The van der Waals surface area contributed by atoms with Crippen molar-refractivity contribution in [1.82, 2.24) is 19.8 Å². The smallest absolute Gasteiger partial charge is 0.321 e. The van der Waals surface area contributed by atoms with Crippen LogP contribution in [0.5, 0.6) is 0 Å². The van der Waals surface area contributed by atoms with Crippen molar-refractivity contribution in [3.05, 3.63) is 52.6 Å². The van der Waals surface area contributed by atoms with Crippen molar-refractivity contribution < 1.29 is 18.4 Å². The zero-order valence-electron chi connectivity index (χ0n) is 12.8. The van der Waals surface area contributed by atoms with Crippen molar-refractivity contribution in [2.45, 2.75) is 19.0 Å². The van der Waals surface area contributed by atoms with Gasteiger partial charge in [-0.2, -0.15) is 0 Å². The summed E-state index contributed by atoms with van der Waals surface area (Å²) in [7, 11) is 1.63. The lowest BCUT2D eigenvalue weighted by Gasteiger charge is -2.22. The number of aromatic nitrogens is 2. The van der Waals surface area contributed by atoms with Crippen molar-refractivity contribution in [3.8, 4) is 0 Å². The third kappa shape index (κ3) is 2.43. The number of imidazole rings is 1. The van der Waals surface area contributed by atoms with Gasteiger partial charge in [0.2, 0.25) is 0 Å². The van der Waals surface area contributed by atoms with E-state index >= 15 is 0 Å². The van der Waals surface area contributed by atoms with Crippen molar-refractivity contribution >= 4 is 23.5 Å². The standard InChI is InChI=1S/C15H13ClF2N4O2/c1-15(9-5-8(17)3-4-10(9)18)13(23)22(14(24)20-15)7-12-19-6-11(16)21(12)2/h3-6H,7H2,1-2H3,(H,20,24)/t15-/m0/s1. The molecule has 9 heteroatoms. The van der Waals surface area contributed by atoms with Gasteiger partial charge in [0.15, 0.2) is 0 Å². The molecule has 2 heterocycles. The number of carbonyl (C=O) groups excluding carboxylic acids is 2. The van der Waals surface area contributed by atoms with Crippen LogP contribution in [0.1, 0.15) is 18.3 Å². The average molecular weight is 355 g/mol. The molecule has 1 fully saturated rings. The summed E-state index contributed by atoms with van der Waals surface area (Å²) in [5, 5.41) is 2.77. The fraction of sp³-hybridized carbons (Fsp3) is 0.267. The molecule has 1 aliphatic rings. The molecule has 24 heavy (non-hydrogen) atoms. The zero-order valence-corrected chi connectivity index (χ0v) is 13.6. The normalized spacial score (nSPS) is 20.6. The molecule has 1 aliphatic heterocycles. The summed E-state index contributed by atoms with van der Waals surface area (Å²) in [5.41, 5.74) is -1.93. The molecule has 0 radical (unpaired) electrons. The Bertz CT molecular complexity index is 854. The highest BCUT2D eigenvalue weighted by Gasteiger charge is 2.50. The van der Waals surface area contributed by atoms with Crippen LogP contribution in [-0.2, 0) is 23.9 Å². The first-order valence-electron chi connectivity index (χ1n) is 7.00. The average Bonchev–Trinajstić information content (AvgIpc) is 2.95. The molecule has 0 unspecified atom stereocenters. The van der Waals surface area contributed by atoms with Crippen molar-refractivity contribution in [3.63, 3.8) is 0 Å². The lowest BCUT2D eigenvalue weighted by Crippen LogP contribution is -2.41. The molecule has 126 valence electrons. The third-order valence-electron chi connectivity index (χ3n) is 4.07. The first-order chi connectivity index (χ1) is 11.2. The van der Waals surface area contributed by atoms with Crippen molar-refractivity contribution in [2.75, 3.05) is 0 Å². The highest BCUT2D eigenvalue weighted by molar-refractivity contribution is 6.29. The molecule has 1 N–H and O–H groups in total. The number of nitrogens with one attached hydrogen (secondary N) is 1. The van der Waals surface area contributed by atoms with E-state index in [9.17, 15) is 18.4 Å². The largest absolute Gasteiger partial charge is 0.325 e. The predicted molar refractivity (Wildman–Crippen MR) is 81.0 cm³/mol. The maximum Gasteiger partial charge on any atom is 0.325 e. The monoisotopic (exact) mass is 354 g/mol. The van der Waals surface area contributed by atoms with Gasteiger partial charge in [-0.3, -0.25) is 9.69 Å². The zero-order chi connectivity index (χ0) is 17.6. The molecule has 1 saturated heterocycles. The van der Waals surface area contributed by atoms with E-state index < -0.39 is 29.1 Å². The van der Waals surface area contributed by atoms with Crippen LogP contribution >= 0.6 is 11.6 Å². The van der Waals surface area contributed by atoms with Gasteiger partial charge in [0, 0.05) is 12.6 Å². The van der Waals surface area contributed by atoms with Gasteiger partial charge in [-0.25, -0.2) is 18.6 Å². The fourth-order valence-corrected chi connectivity index (χ4v) is 2.76. The van der Waals surface area contributed by atoms with Crippen LogP contribution in [0.2, 0.25) is 5.15 Å². The van der Waals surface area contributed by atoms with Gasteiger partial charge in [-0.15, -0.1) is 0 Å². The minimum absolute atomic E-state index is 0.138. The second kappa shape index (κ2) is 5.55. The first kappa shape index (κ1) is 16.4. The second-order valence-corrected chi connectivity index (χ2v) is 6.01. The van der Waals surface area contributed by atoms with Gasteiger partial charge < -0.3 is 9.88 Å².